The van der Waals surface area contributed by atoms with Crippen LogP contribution in [-0.4, -0.2) is 11.9 Å². The molecule has 0 fully saturated rings. The van der Waals surface area contributed by atoms with E-state index >= 15 is 0 Å². The molecular formula is C14H11BrN2O2. The molecule has 2 rings (SSSR count). The van der Waals surface area contributed by atoms with Gasteiger partial charge in [-0.25, -0.2) is 4.79 Å². The summed E-state index contributed by atoms with van der Waals surface area (Å²) in [6.45, 7) is 0. The number of anilines is 1. The number of hydrogen-bond acceptors (Lipinski definition) is 2. The Morgan fingerprint density at radius 1 is 0.895 bits per heavy atom. The van der Waals surface area contributed by atoms with Gasteiger partial charge < -0.3 is 5.32 Å². The number of nitrogens with one attached hydrogen (secondary N) is 2. The van der Waals surface area contributed by atoms with Gasteiger partial charge in [-0.2, -0.15) is 0 Å². The second-order valence-electron chi connectivity index (χ2n) is 3.75. The normalized spacial score (nSPS) is 9.74. The highest BCUT2D eigenvalue weighted by atomic mass is 79.9. The van der Waals surface area contributed by atoms with Crippen molar-refractivity contribution < 1.29 is 9.59 Å². The zero-order valence-corrected chi connectivity index (χ0v) is 11.5. The summed E-state index contributed by atoms with van der Waals surface area (Å²) < 4.78 is 0.639. The molecule has 0 unspecified atom stereocenters. The molecule has 0 aliphatic rings. The van der Waals surface area contributed by atoms with E-state index in [2.05, 4.69) is 26.6 Å². The van der Waals surface area contributed by atoms with Crippen LogP contribution in [0.5, 0.6) is 0 Å². The summed E-state index contributed by atoms with van der Waals surface area (Å²) in [6.07, 6.45) is 0. The molecule has 0 bridgehead atoms. The van der Waals surface area contributed by atoms with Crippen molar-refractivity contribution >= 4 is 33.6 Å². The molecule has 0 aliphatic carbocycles. The van der Waals surface area contributed by atoms with Gasteiger partial charge >= 0.3 is 6.03 Å². The van der Waals surface area contributed by atoms with Crippen molar-refractivity contribution in [2.24, 2.45) is 0 Å². The maximum atomic E-state index is 11.9. The number of halogens is 1. The summed E-state index contributed by atoms with van der Waals surface area (Å²) >= 11 is 3.26. The van der Waals surface area contributed by atoms with Gasteiger partial charge in [0, 0.05) is 10.2 Å². The summed E-state index contributed by atoms with van der Waals surface area (Å²) in [5, 5.41) is 4.84. The summed E-state index contributed by atoms with van der Waals surface area (Å²) in [6, 6.07) is 15.3. The third-order valence-corrected chi connectivity index (χ3v) is 3.07. The van der Waals surface area contributed by atoms with Crippen LogP contribution in [0.3, 0.4) is 0 Å². The largest absolute Gasteiger partial charge is 0.326 e. The average molecular weight is 319 g/mol. The minimum Gasteiger partial charge on any atom is -0.308 e. The smallest absolute Gasteiger partial charge is 0.308 e. The molecule has 2 aromatic carbocycles. The zero-order valence-electron chi connectivity index (χ0n) is 9.89. The fourth-order valence-corrected chi connectivity index (χ4v) is 1.96. The summed E-state index contributed by atoms with van der Waals surface area (Å²) in [7, 11) is 0. The molecule has 3 amide bonds. The fraction of sp³-hybridized carbons (Fsp3) is 0. The van der Waals surface area contributed by atoms with E-state index in [1.54, 1.807) is 48.5 Å². The number of urea groups is 1. The summed E-state index contributed by atoms with van der Waals surface area (Å²) in [5.74, 6) is -0.457. The van der Waals surface area contributed by atoms with E-state index in [1.807, 2.05) is 6.07 Å². The van der Waals surface area contributed by atoms with Gasteiger partial charge in [0.05, 0.1) is 5.56 Å². The topological polar surface area (TPSA) is 58.2 Å². The first-order valence-electron chi connectivity index (χ1n) is 5.59. The highest BCUT2D eigenvalue weighted by Crippen LogP contribution is 2.15. The summed E-state index contributed by atoms with van der Waals surface area (Å²) in [5.41, 5.74) is 1.03. The number of amides is 3. The predicted octanol–water partition coefficient (Wildman–Crippen LogP) is 3.41. The Hall–Kier alpha value is -2.14. The molecule has 4 nitrogen and oxygen atoms in total. The van der Waals surface area contributed by atoms with E-state index in [4.69, 9.17) is 0 Å². The first kappa shape index (κ1) is 13.3. The van der Waals surface area contributed by atoms with Crippen molar-refractivity contribution in [2.45, 2.75) is 0 Å². The standard InChI is InChI=1S/C14H11BrN2O2/c15-12-9-5-4-8-11(12)13(18)17-14(19)16-10-6-2-1-3-7-10/h1-9H,(H2,16,17,18,19). The molecule has 0 heterocycles. The van der Waals surface area contributed by atoms with Gasteiger partial charge in [-0.15, -0.1) is 0 Å². The average Bonchev–Trinajstić information content (AvgIpc) is 2.40. The van der Waals surface area contributed by atoms with Gasteiger partial charge in [-0.05, 0) is 40.2 Å². The zero-order chi connectivity index (χ0) is 13.7. The first-order chi connectivity index (χ1) is 9.16. The molecule has 5 heteroatoms. The predicted molar refractivity (Wildman–Crippen MR) is 77.1 cm³/mol. The number of benzene rings is 2. The Labute approximate surface area is 119 Å². The minimum absolute atomic E-state index is 0.408. The minimum atomic E-state index is -0.563. The third-order valence-electron chi connectivity index (χ3n) is 2.38. The van der Waals surface area contributed by atoms with Crippen LogP contribution in [-0.2, 0) is 0 Å². The lowest BCUT2D eigenvalue weighted by atomic mass is 10.2. The van der Waals surface area contributed by atoms with Crippen LogP contribution in [0.25, 0.3) is 0 Å². The number of carbonyl (C=O) groups is 2. The van der Waals surface area contributed by atoms with E-state index in [-0.39, 0.29) is 0 Å². The number of para-hydroxylation sites is 1. The molecule has 2 N–H and O–H groups in total. The second kappa shape index (κ2) is 6.15. The van der Waals surface area contributed by atoms with Gasteiger partial charge in [-0.3, -0.25) is 10.1 Å². The molecular weight excluding hydrogens is 308 g/mol. The van der Waals surface area contributed by atoms with E-state index in [0.29, 0.717) is 15.7 Å². The lowest BCUT2D eigenvalue weighted by molar-refractivity contribution is 0.0966. The van der Waals surface area contributed by atoms with Crippen molar-refractivity contribution in [2.75, 3.05) is 5.32 Å². The Balaban J connectivity index is 2.00. The van der Waals surface area contributed by atoms with Crippen LogP contribution in [0.1, 0.15) is 10.4 Å². The Morgan fingerprint density at radius 2 is 1.53 bits per heavy atom. The van der Waals surface area contributed by atoms with Crippen LogP contribution in [0.4, 0.5) is 10.5 Å². The monoisotopic (exact) mass is 318 g/mol. The van der Waals surface area contributed by atoms with Gasteiger partial charge in [0.15, 0.2) is 0 Å². The quantitative estimate of drug-likeness (QED) is 0.891. The van der Waals surface area contributed by atoms with Crippen LogP contribution < -0.4 is 10.6 Å². The maximum Gasteiger partial charge on any atom is 0.326 e. The Bertz CT molecular complexity index is 599. The maximum absolute atomic E-state index is 11.9. The van der Waals surface area contributed by atoms with Gasteiger partial charge in [0.2, 0.25) is 0 Å². The van der Waals surface area contributed by atoms with Crippen LogP contribution in [0, 0.1) is 0 Å². The third kappa shape index (κ3) is 3.66. The van der Waals surface area contributed by atoms with E-state index in [1.165, 1.54) is 0 Å². The molecule has 0 saturated carbocycles. The fourth-order valence-electron chi connectivity index (χ4n) is 1.50. The Morgan fingerprint density at radius 3 is 2.21 bits per heavy atom. The molecule has 0 saturated heterocycles. The van der Waals surface area contributed by atoms with Crippen molar-refractivity contribution in [3.8, 4) is 0 Å². The first-order valence-corrected chi connectivity index (χ1v) is 6.38. The SMILES string of the molecule is O=C(NC(=O)c1ccccc1Br)Nc1ccccc1. The number of carbonyl (C=O) groups excluding carboxylic acids is 2. The van der Waals surface area contributed by atoms with Crippen molar-refractivity contribution in [1.29, 1.82) is 0 Å². The van der Waals surface area contributed by atoms with Crippen LogP contribution in [0.2, 0.25) is 0 Å². The van der Waals surface area contributed by atoms with E-state index in [0.717, 1.165) is 0 Å². The molecule has 0 atom stereocenters. The molecule has 2 aromatic rings. The second-order valence-corrected chi connectivity index (χ2v) is 4.61. The molecule has 0 aromatic heterocycles. The molecule has 0 radical (unpaired) electrons. The number of imide groups is 1. The molecule has 0 spiro atoms. The van der Waals surface area contributed by atoms with Crippen LogP contribution >= 0.6 is 15.9 Å². The molecule has 0 aliphatic heterocycles. The van der Waals surface area contributed by atoms with Crippen molar-refractivity contribution in [1.82, 2.24) is 5.32 Å². The highest BCUT2D eigenvalue weighted by molar-refractivity contribution is 9.10. The molecule has 96 valence electrons. The Kier molecular flexibility index (Phi) is 4.30. The lowest BCUT2D eigenvalue weighted by Gasteiger charge is -2.07. The van der Waals surface area contributed by atoms with E-state index < -0.39 is 11.9 Å². The van der Waals surface area contributed by atoms with Crippen molar-refractivity contribution in [3.63, 3.8) is 0 Å². The van der Waals surface area contributed by atoms with Gasteiger partial charge in [-0.1, -0.05) is 30.3 Å². The molecule has 19 heavy (non-hydrogen) atoms. The summed E-state index contributed by atoms with van der Waals surface area (Å²) in [4.78, 5) is 23.5. The van der Waals surface area contributed by atoms with Gasteiger partial charge in [0.25, 0.3) is 5.91 Å². The van der Waals surface area contributed by atoms with Crippen LogP contribution in [0.15, 0.2) is 59.1 Å². The lowest BCUT2D eigenvalue weighted by Crippen LogP contribution is -2.34. The highest BCUT2D eigenvalue weighted by Gasteiger charge is 2.12. The number of rotatable bonds is 2. The van der Waals surface area contributed by atoms with Crippen molar-refractivity contribution in [3.05, 3.63) is 64.6 Å². The van der Waals surface area contributed by atoms with Gasteiger partial charge in [0.1, 0.15) is 0 Å². The van der Waals surface area contributed by atoms with E-state index in [9.17, 15) is 9.59 Å². The number of hydrogen-bond donors (Lipinski definition) is 2.